The third-order valence-corrected chi connectivity index (χ3v) is 2.54. The monoisotopic (exact) mass is 194 g/mol. The number of alkyl halides is 1. The minimum atomic E-state index is -1.47. The molecule has 1 unspecified atom stereocenters. The van der Waals surface area contributed by atoms with Crippen LogP contribution in [0.5, 0.6) is 0 Å². The Morgan fingerprint density at radius 3 is 2.86 bits per heavy atom. The molecule has 1 aliphatic heterocycles. The highest BCUT2D eigenvalue weighted by Crippen LogP contribution is 2.35. The van der Waals surface area contributed by atoms with Gasteiger partial charge in [-0.05, 0) is 0 Å². The van der Waals surface area contributed by atoms with E-state index in [2.05, 4.69) is 0 Å². The lowest BCUT2D eigenvalue weighted by Gasteiger charge is -2.19. The largest absolute Gasteiger partial charge is 0.378 e. The van der Waals surface area contributed by atoms with Crippen LogP contribution in [-0.2, 0) is 10.4 Å². The lowest BCUT2D eigenvalue weighted by molar-refractivity contribution is 0.105. The molecule has 1 fully saturated rings. The lowest BCUT2D eigenvalue weighted by Crippen LogP contribution is -2.21. The minimum absolute atomic E-state index is 0.0534. The average molecular weight is 194 g/mol. The third kappa shape index (κ3) is 1.44. The smallest absolute Gasteiger partial charge is 0.162 e. The van der Waals surface area contributed by atoms with Gasteiger partial charge in [-0.1, -0.05) is 24.3 Å². The van der Waals surface area contributed by atoms with E-state index < -0.39 is 5.67 Å². The van der Waals surface area contributed by atoms with Gasteiger partial charge in [-0.25, -0.2) is 4.39 Å². The second-order valence-corrected chi connectivity index (χ2v) is 3.47. The first-order chi connectivity index (χ1) is 6.76. The number of carbonyl (C=O) groups is 1. The summed E-state index contributed by atoms with van der Waals surface area (Å²) in [5, 5.41) is 0. The predicted molar refractivity (Wildman–Crippen MR) is 50.1 cm³/mol. The normalized spacial score (nSPS) is 26.4. The molecule has 0 radical (unpaired) electrons. The Morgan fingerprint density at radius 2 is 2.21 bits per heavy atom. The van der Waals surface area contributed by atoms with Crippen LogP contribution in [-0.4, -0.2) is 19.5 Å². The first kappa shape index (κ1) is 9.34. The van der Waals surface area contributed by atoms with Crippen molar-refractivity contribution in [1.82, 2.24) is 0 Å². The van der Waals surface area contributed by atoms with Crippen LogP contribution in [0.1, 0.15) is 22.3 Å². The third-order valence-electron chi connectivity index (χ3n) is 2.54. The standard InChI is InChI=1S/C11H11FO2/c12-11(5-6-14-8-11)10-4-2-1-3-9(10)7-13/h1-4,7H,5-6,8H2. The zero-order valence-electron chi connectivity index (χ0n) is 7.70. The molecule has 0 aliphatic carbocycles. The quantitative estimate of drug-likeness (QED) is 0.674. The molecule has 14 heavy (non-hydrogen) atoms. The SMILES string of the molecule is O=Cc1ccccc1C1(F)CCOC1. The van der Waals surface area contributed by atoms with Gasteiger partial charge in [0.15, 0.2) is 5.67 Å². The Hall–Kier alpha value is -1.22. The summed E-state index contributed by atoms with van der Waals surface area (Å²) in [6.45, 7) is 0.474. The number of halogens is 1. The molecule has 1 aromatic carbocycles. The fraction of sp³-hybridized carbons (Fsp3) is 0.364. The fourth-order valence-electron chi connectivity index (χ4n) is 1.76. The van der Waals surface area contributed by atoms with Crippen molar-refractivity contribution in [2.45, 2.75) is 12.1 Å². The molecule has 2 rings (SSSR count). The maximum Gasteiger partial charge on any atom is 0.162 e. The zero-order valence-corrected chi connectivity index (χ0v) is 7.70. The molecule has 2 nitrogen and oxygen atoms in total. The molecule has 0 aromatic heterocycles. The van der Waals surface area contributed by atoms with Crippen molar-refractivity contribution < 1.29 is 13.9 Å². The van der Waals surface area contributed by atoms with Crippen molar-refractivity contribution in [2.75, 3.05) is 13.2 Å². The Bertz CT molecular complexity index is 343. The van der Waals surface area contributed by atoms with Gasteiger partial charge in [-0.3, -0.25) is 4.79 Å². The summed E-state index contributed by atoms with van der Waals surface area (Å²) in [6.07, 6.45) is 1.02. The van der Waals surface area contributed by atoms with E-state index in [0.29, 0.717) is 30.4 Å². The fourth-order valence-corrected chi connectivity index (χ4v) is 1.76. The summed E-state index contributed by atoms with van der Waals surface area (Å²) in [7, 11) is 0. The molecule has 0 N–H and O–H groups in total. The summed E-state index contributed by atoms with van der Waals surface area (Å²) in [4.78, 5) is 10.7. The van der Waals surface area contributed by atoms with E-state index in [1.165, 1.54) is 0 Å². The maximum absolute atomic E-state index is 14.2. The molecule has 74 valence electrons. The lowest BCUT2D eigenvalue weighted by atomic mass is 9.91. The number of hydrogen-bond donors (Lipinski definition) is 0. The molecule has 1 aromatic rings. The van der Waals surface area contributed by atoms with Crippen molar-refractivity contribution in [3.8, 4) is 0 Å². The number of rotatable bonds is 2. The van der Waals surface area contributed by atoms with Gasteiger partial charge in [0.1, 0.15) is 6.29 Å². The van der Waals surface area contributed by atoms with Crippen molar-refractivity contribution in [3.63, 3.8) is 0 Å². The number of hydrogen-bond acceptors (Lipinski definition) is 2. The Kier molecular flexibility index (Phi) is 2.33. The second-order valence-electron chi connectivity index (χ2n) is 3.47. The highest BCUT2D eigenvalue weighted by molar-refractivity contribution is 5.77. The molecular formula is C11H11FO2. The van der Waals surface area contributed by atoms with Gasteiger partial charge in [0.05, 0.1) is 13.2 Å². The summed E-state index contributed by atoms with van der Waals surface area (Å²) in [6, 6.07) is 6.74. The van der Waals surface area contributed by atoms with Gasteiger partial charge in [-0.15, -0.1) is 0 Å². The van der Waals surface area contributed by atoms with Gasteiger partial charge in [0.25, 0.3) is 0 Å². The van der Waals surface area contributed by atoms with E-state index in [9.17, 15) is 9.18 Å². The summed E-state index contributed by atoms with van der Waals surface area (Å²) < 4.78 is 19.2. The zero-order chi connectivity index (χ0) is 10.0. The second kappa shape index (κ2) is 3.50. The number of aldehydes is 1. The van der Waals surface area contributed by atoms with E-state index in [-0.39, 0.29) is 6.61 Å². The molecule has 3 heteroatoms. The average Bonchev–Trinajstić information content (AvgIpc) is 2.66. The highest BCUT2D eigenvalue weighted by Gasteiger charge is 2.38. The molecule has 0 spiro atoms. The van der Waals surface area contributed by atoms with Crippen LogP contribution in [0.4, 0.5) is 4.39 Å². The summed E-state index contributed by atoms with van der Waals surface area (Å²) in [5.74, 6) is 0. The molecule has 1 aliphatic rings. The summed E-state index contributed by atoms with van der Waals surface area (Å²) >= 11 is 0. The Labute approximate surface area is 81.7 Å². The van der Waals surface area contributed by atoms with Gasteiger partial charge in [-0.2, -0.15) is 0 Å². The van der Waals surface area contributed by atoms with Crippen molar-refractivity contribution in [2.24, 2.45) is 0 Å². The highest BCUT2D eigenvalue weighted by atomic mass is 19.1. The van der Waals surface area contributed by atoms with Crippen molar-refractivity contribution in [3.05, 3.63) is 35.4 Å². The summed E-state index contributed by atoms with van der Waals surface area (Å²) in [5.41, 5.74) is -0.606. The van der Waals surface area contributed by atoms with Crippen LogP contribution in [0.2, 0.25) is 0 Å². The molecule has 0 amide bonds. The topological polar surface area (TPSA) is 26.3 Å². The van der Waals surface area contributed by atoms with E-state index in [4.69, 9.17) is 4.74 Å². The maximum atomic E-state index is 14.2. The minimum Gasteiger partial charge on any atom is -0.378 e. The Balaban J connectivity index is 2.43. The van der Waals surface area contributed by atoms with Crippen LogP contribution in [0, 0.1) is 0 Å². The first-order valence-electron chi connectivity index (χ1n) is 4.58. The molecule has 0 bridgehead atoms. The van der Waals surface area contributed by atoms with Crippen LogP contribution < -0.4 is 0 Å². The van der Waals surface area contributed by atoms with Crippen molar-refractivity contribution >= 4 is 6.29 Å². The van der Waals surface area contributed by atoms with E-state index >= 15 is 0 Å². The van der Waals surface area contributed by atoms with Crippen LogP contribution in [0.3, 0.4) is 0 Å². The molecule has 0 saturated carbocycles. The van der Waals surface area contributed by atoms with Crippen LogP contribution in [0.25, 0.3) is 0 Å². The van der Waals surface area contributed by atoms with E-state index in [1.54, 1.807) is 24.3 Å². The number of benzene rings is 1. The van der Waals surface area contributed by atoms with Gasteiger partial charge < -0.3 is 4.74 Å². The van der Waals surface area contributed by atoms with Crippen molar-refractivity contribution in [1.29, 1.82) is 0 Å². The van der Waals surface area contributed by atoms with Gasteiger partial charge in [0.2, 0.25) is 0 Å². The van der Waals surface area contributed by atoms with E-state index in [1.807, 2.05) is 0 Å². The van der Waals surface area contributed by atoms with Gasteiger partial charge in [0, 0.05) is 17.5 Å². The molecule has 1 heterocycles. The first-order valence-corrected chi connectivity index (χ1v) is 4.58. The molecule has 1 saturated heterocycles. The van der Waals surface area contributed by atoms with Crippen LogP contribution >= 0.6 is 0 Å². The molecule has 1 atom stereocenters. The van der Waals surface area contributed by atoms with Gasteiger partial charge >= 0.3 is 0 Å². The number of carbonyl (C=O) groups excluding carboxylic acids is 1. The number of ether oxygens (including phenoxy) is 1. The van der Waals surface area contributed by atoms with Crippen LogP contribution in [0.15, 0.2) is 24.3 Å². The predicted octanol–water partition coefficient (Wildman–Crippen LogP) is 2.08. The Morgan fingerprint density at radius 1 is 1.43 bits per heavy atom. The van der Waals surface area contributed by atoms with E-state index in [0.717, 1.165) is 0 Å². The molecular weight excluding hydrogens is 183 g/mol.